The van der Waals surface area contributed by atoms with Gasteiger partial charge in [0.25, 0.3) is 15.9 Å². The van der Waals surface area contributed by atoms with Gasteiger partial charge in [-0.1, -0.05) is 12.5 Å². The minimum absolute atomic E-state index is 0.0785. The molecule has 1 aromatic heterocycles. The minimum atomic E-state index is -3.56. The van der Waals surface area contributed by atoms with E-state index < -0.39 is 10.0 Å². The molecule has 2 aromatic rings. The molecule has 1 aromatic carbocycles. The molecule has 5 nitrogen and oxygen atoms in total. The van der Waals surface area contributed by atoms with Crippen LogP contribution in [0.25, 0.3) is 0 Å². The topological polar surface area (TPSA) is 75.3 Å². The number of carbonyl (C=O) groups is 1. The van der Waals surface area contributed by atoms with Crippen molar-refractivity contribution < 1.29 is 13.2 Å². The van der Waals surface area contributed by atoms with Crippen LogP contribution in [-0.4, -0.2) is 20.4 Å². The number of amides is 1. The van der Waals surface area contributed by atoms with E-state index in [1.54, 1.807) is 41.8 Å². The molecule has 25 heavy (non-hydrogen) atoms. The van der Waals surface area contributed by atoms with Crippen LogP contribution >= 0.6 is 11.3 Å². The Morgan fingerprint density at radius 2 is 1.88 bits per heavy atom. The highest BCUT2D eigenvalue weighted by Crippen LogP contribution is 2.44. The predicted molar refractivity (Wildman–Crippen MR) is 98.3 cm³/mol. The number of sulfonamides is 1. The van der Waals surface area contributed by atoms with Gasteiger partial charge in [-0.25, -0.2) is 8.42 Å². The highest BCUT2D eigenvalue weighted by molar-refractivity contribution is 7.94. The molecule has 1 heterocycles. The van der Waals surface area contributed by atoms with Gasteiger partial charge in [-0.05, 0) is 66.8 Å². The van der Waals surface area contributed by atoms with E-state index >= 15 is 0 Å². The van der Waals surface area contributed by atoms with Gasteiger partial charge >= 0.3 is 0 Å². The summed E-state index contributed by atoms with van der Waals surface area (Å²) in [5, 5.41) is 4.86. The highest BCUT2D eigenvalue weighted by Gasteiger charge is 2.40. The average Bonchev–Trinajstić information content (AvgIpc) is 3.33. The molecule has 2 bridgehead atoms. The zero-order valence-corrected chi connectivity index (χ0v) is 15.3. The first-order chi connectivity index (χ1) is 12.0. The number of anilines is 1. The lowest BCUT2D eigenvalue weighted by atomic mass is 9.95. The molecule has 1 amide bonds. The van der Waals surface area contributed by atoms with Crippen molar-refractivity contribution >= 4 is 33.0 Å². The maximum atomic E-state index is 12.4. The van der Waals surface area contributed by atoms with Crippen molar-refractivity contribution in [1.29, 1.82) is 0 Å². The van der Waals surface area contributed by atoms with Crippen LogP contribution in [0.4, 0.5) is 5.69 Å². The first-order valence-corrected chi connectivity index (χ1v) is 10.8. The summed E-state index contributed by atoms with van der Waals surface area (Å²) in [5.74, 6) is 1.33. The summed E-state index contributed by atoms with van der Waals surface area (Å²) in [6.45, 7) is 0. The second-order valence-corrected chi connectivity index (χ2v) is 9.73. The molecule has 2 aliphatic carbocycles. The number of nitrogens with one attached hydrogen (secondary N) is 2. The third-order valence-corrected chi connectivity index (χ3v) is 7.99. The maximum Gasteiger partial charge on any atom is 0.271 e. The third kappa shape index (κ3) is 3.43. The van der Waals surface area contributed by atoms with E-state index in [1.807, 2.05) is 0 Å². The molecule has 0 aliphatic heterocycles. The largest absolute Gasteiger partial charge is 0.349 e. The van der Waals surface area contributed by atoms with Gasteiger partial charge in [0.1, 0.15) is 4.21 Å². The van der Waals surface area contributed by atoms with E-state index in [1.165, 1.54) is 30.6 Å². The summed E-state index contributed by atoms with van der Waals surface area (Å²) in [7, 11) is -3.56. The second kappa shape index (κ2) is 6.46. The summed E-state index contributed by atoms with van der Waals surface area (Å²) >= 11 is 1.17. The number of thiophene rings is 1. The molecule has 0 radical (unpaired) electrons. The smallest absolute Gasteiger partial charge is 0.271 e. The van der Waals surface area contributed by atoms with Crippen molar-refractivity contribution in [3.8, 4) is 0 Å². The van der Waals surface area contributed by atoms with Crippen LogP contribution in [-0.2, 0) is 10.0 Å². The Hall–Kier alpha value is -1.86. The van der Waals surface area contributed by atoms with Gasteiger partial charge in [0.2, 0.25) is 0 Å². The fourth-order valence-electron chi connectivity index (χ4n) is 3.98. The predicted octanol–water partition coefficient (Wildman–Crippen LogP) is 3.47. The lowest BCUT2D eigenvalue weighted by molar-refractivity contribution is 0.0923. The van der Waals surface area contributed by atoms with Crippen LogP contribution in [0.2, 0.25) is 0 Å². The van der Waals surface area contributed by atoms with Crippen molar-refractivity contribution in [3.63, 3.8) is 0 Å². The zero-order valence-electron chi connectivity index (χ0n) is 13.6. The lowest BCUT2D eigenvalue weighted by Crippen LogP contribution is -2.38. The molecule has 132 valence electrons. The van der Waals surface area contributed by atoms with Crippen LogP contribution in [0, 0.1) is 11.8 Å². The first kappa shape index (κ1) is 16.6. The van der Waals surface area contributed by atoms with E-state index in [9.17, 15) is 13.2 Å². The number of fused-ring (bicyclic) bond motifs is 2. The van der Waals surface area contributed by atoms with Gasteiger partial charge in [-0.3, -0.25) is 9.52 Å². The molecule has 2 fully saturated rings. The van der Waals surface area contributed by atoms with Crippen LogP contribution in [0.15, 0.2) is 46.0 Å². The average molecular weight is 377 g/mol. The molecule has 7 heteroatoms. The SMILES string of the molecule is O=C(N[C@H]1C[C@H]2CC[C@@H]1C2)c1ccc(NS(=O)(=O)c2cccs2)cc1. The minimum Gasteiger partial charge on any atom is -0.349 e. The van der Waals surface area contributed by atoms with Crippen molar-refractivity contribution in [1.82, 2.24) is 5.32 Å². The van der Waals surface area contributed by atoms with E-state index in [0.717, 1.165) is 12.3 Å². The van der Waals surface area contributed by atoms with Gasteiger partial charge < -0.3 is 5.32 Å². The normalized spacial score (nSPS) is 25.0. The van der Waals surface area contributed by atoms with Crippen LogP contribution in [0.1, 0.15) is 36.0 Å². The van der Waals surface area contributed by atoms with Crippen molar-refractivity contribution in [3.05, 3.63) is 47.3 Å². The Balaban J connectivity index is 1.41. The van der Waals surface area contributed by atoms with E-state index in [-0.39, 0.29) is 10.1 Å². The summed E-state index contributed by atoms with van der Waals surface area (Å²) in [5.41, 5.74) is 1.01. The molecule has 2 aliphatic rings. The number of rotatable bonds is 5. The highest BCUT2D eigenvalue weighted by atomic mass is 32.2. The van der Waals surface area contributed by atoms with Crippen LogP contribution in [0.5, 0.6) is 0 Å². The zero-order chi connectivity index (χ0) is 17.4. The monoisotopic (exact) mass is 376 g/mol. The molecule has 2 saturated carbocycles. The lowest BCUT2D eigenvalue weighted by Gasteiger charge is -2.22. The third-order valence-electron chi connectivity index (χ3n) is 5.21. The number of hydrogen-bond acceptors (Lipinski definition) is 4. The number of benzene rings is 1. The molecule has 0 spiro atoms. The second-order valence-electron chi connectivity index (χ2n) is 6.87. The van der Waals surface area contributed by atoms with Gasteiger partial charge in [0.05, 0.1) is 0 Å². The Morgan fingerprint density at radius 3 is 2.48 bits per heavy atom. The summed E-state index contributed by atoms with van der Waals surface area (Å²) in [6.07, 6.45) is 4.86. The van der Waals surface area contributed by atoms with Crippen LogP contribution < -0.4 is 10.0 Å². The standard InChI is InChI=1S/C18H20N2O3S2/c21-18(19-16-11-12-3-4-14(16)10-12)13-5-7-15(8-6-13)20-25(22,23)17-2-1-9-24-17/h1-2,5-9,12,14,16,20H,3-4,10-11H2,(H,19,21)/t12-,14+,16-/m0/s1. The van der Waals surface area contributed by atoms with Crippen molar-refractivity contribution in [2.75, 3.05) is 4.72 Å². The molecule has 0 unspecified atom stereocenters. The van der Waals surface area contributed by atoms with E-state index in [0.29, 0.717) is 23.2 Å². The number of carbonyl (C=O) groups excluding carboxylic acids is 1. The Kier molecular flexibility index (Phi) is 4.29. The van der Waals surface area contributed by atoms with Gasteiger partial charge in [-0.15, -0.1) is 11.3 Å². The summed E-state index contributed by atoms with van der Waals surface area (Å²) in [6, 6.07) is 10.1. The molecular weight excluding hydrogens is 356 g/mol. The quantitative estimate of drug-likeness (QED) is 0.839. The fraction of sp³-hybridized carbons (Fsp3) is 0.389. The summed E-state index contributed by atoms with van der Waals surface area (Å²) < 4.78 is 27.2. The van der Waals surface area contributed by atoms with Crippen LogP contribution in [0.3, 0.4) is 0 Å². The Bertz CT molecular complexity index is 860. The van der Waals surface area contributed by atoms with Gasteiger partial charge in [-0.2, -0.15) is 0 Å². The Morgan fingerprint density at radius 1 is 1.08 bits per heavy atom. The fourth-order valence-corrected chi connectivity index (χ4v) is 6.04. The van der Waals surface area contributed by atoms with Gasteiger partial charge in [0.15, 0.2) is 0 Å². The maximum absolute atomic E-state index is 12.4. The van der Waals surface area contributed by atoms with Gasteiger partial charge in [0, 0.05) is 17.3 Å². The first-order valence-electron chi connectivity index (χ1n) is 8.48. The number of hydrogen-bond donors (Lipinski definition) is 2. The molecule has 2 N–H and O–H groups in total. The summed E-state index contributed by atoms with van der Waals surface area (Å²) in [4.78, 5) is 12.4. The molecule has 4 rings (SSSR count). The van der Waals surface area contributed by atoms with Crippen molar-refractivity contribution in [2.24, 2.45) is 11.8 Å². The molecule has 0 saturated heterocycles. The van der Waals surface area contributed by atoms with Crippen molar-refractivity contribution in [2.45, 2.75) is 35.9 Å². The van der Waals surface area contributed by atoms with E-state index in [2.05, 4.69) is 10.0 Å². The molecule has 3 atom stereocenters. The Labute approximate surface area is 151 Å². The van der Waals surface area contributed by atoms with E-state index in [4.69, 9.17) is 0 Å². The molecular formula is C18H20N2O3S2.